The van der Waals surface area contributed by atoms with Crippen LogP contribution in [0.3, 0.4) is 0 Å². The Morgan fingerprint density at radius 3 is 2.79 bits per heavy atom. The van der Waals surface area contributed by atoms with Crippen LogP contribution in [0.4, 0.5) is 10.3 Å². The molecular weight excluding hydrogens is 392 g/mol. The minimum atomic E-state index is -0.0748. The second-order valence-electron chi connectivity index (χ2n) is 7.65. The number of amides is 2. The van der Waals surface area contributed by atoms with Crippen molar-refractivity contribution in [2.75, 3.05) is 36.0 Å². The van der Waals surface area contributed by atoms with Crippen molar-refractivity contribution in [3.05, 3.63) is 17.0 Å². The third kappa shape index (κ3) is 4.26. The molecular formula is C19H26N6O3S. The number of rotatable bonds is 6. The van der Waals surface area contributed by atoms with Crippen molar-refractivity contribution in [3.8, 4) is 0 Å². The molecule has 0 saturated carbocycles. The van der Waals surface area contributed by atoms with Gasteiger partial charge in [0, 0.05) is 38.2 Å². The van der Waals surface area contributed by atoms with Gasteiger partial charge in [0.1, 0.15) is 5.76 Å². The van der Waals surface area contributed by atoms with Gasteiger partial charge < -0.3 is 14.7 Å². The summed E-state index contributed by atoms with van der Waals surface area (Å²) >= 11 is 1.43. The van der Waals surface area contributed by atoms with Gasteiger partial charge in [-0.05, 0) is 39.5 Å². The third-order valence-corrected chi connectivity index (χ3v) is 6.63. The molecule has 0 radical (unpaired) electrons. The zero-order valence-corrected chi connectivity index (χ0v) is 17.6. The molecule has 0 spiro atoms. The highest BCUT2D eigenvalue weighted by Gasteiger charge is 2.30. The fraction of sp³-hybridized carbons (Fsp3) is 0.632. The molecule has 0 aromatic carbocycles. The van der Waals surface area contributed by atoms with Gasteiger partial charge in [0.2, 0.25) is 22.1 Å². The highest BCUT2D eigenvalue weighted by molar-refractivity contribution is 7.19. The second-order valence-corrected chi connectivity index (χ2v) is 8.58. The molecule has 9 nitrogen and oxygen atoms in total. The van der Waals surface area contributed by atoms with E-state index >= 15 is 0 Å². The van der Waals surface area contributed by atoms with Gasteiger partial charge in [0.25, 0.3) is 0 Å². The van der Waals surface area contributed by atoms with E-state index in [1.807, 2.05) is 13.8 Å². The Hall–Kier alpha value is -2.49. The van der Waals surface area contributed by atoms with Gasteiger partial charge in [-0.3, -0.25) is 14.5 Å². The predicted molar refractivity (Wildman–Crippen MR) is 109 cm³/mol. The number of piperidine rings is 1. The number of nitrogens with zero attached hydrogens (tertiary/aromatic N) is 5. The van der Waals surface area contributed by atoms with Gasteiger partial charge in [-0.2, -0.15) is 0 Å². The van der Waals surface area contributed by atoms with Gasteiger partial charge in [0.05, 0.1) is 11.6 Å². The summed E-state index contributed by atoms with van der Waals surface area (Å²) in [6.07, 6.45) is 3.96. The van der Waals surface area contributed by atoms with Gasteiger partial charge in [-0.1, -0.05) is 16.5 Å². The summed E-state index contributed by atoms with van der Waals surface area (Å²) in [5.74, 6) is 0.918. The quantitative estimate of drug-likeness (QED) is 0.763. The molecule has 1 N–H and O–H groups in total. The third-order valence-electron chi connectivity index (χ3n) is 5.63. The van der Waals surface area contributed by atoms with Gasteiger partial charge in [-0.25, -0.2) is 0 Å². The van der Waals surface area contributed by atoms with Crippen LogP contribution in [0, 0.1) is 19.8 Å². The fourth-order valence-corrected chi connectivity index (χ4v) is 4.90. The lowest BCUT2D eigenvalue weighted by molar-refractivity contribution is -0.125. The van der Waals surface area contributed by atoms with Crippen molar-refractivity contribution in [1.29, 1.82) is 0 Å². The number of aromatic nitrogens is 3. The molecule has 4 rings (SSSR count). The molecule has 0 aliphatic carbocycles. The largest absolute Gasteiger partial charge is 0.361 e. The van der Waals surface area contributed by atoms with Crippen LogP contribution in [0.15, 0.2) is 4.52 Å². The molecule has 10 heteroatoms. The van der Waals surface area contributed by atoms with Crippen molar-refractivity contribution in [3.63, 3.8) is 0 Å². The van der Waals surface area contributed by atoms with E-state index in [1.54, 1.807) is 4.90 Å². The van der Waals surface area contributed by atoms with E-state index in [-0.39, 0.29) is 17.7 Å². The normalized spacial score (nSPS) is 19.8. The number of aryl methyl sites for hydroxylation is 2. The molecule has 156 valence electrons. The Kier molecular flexibility index (Phi) is 5.79. The fourth-order valence-electron chi connectivity index (χ4n) is 3.97. The molecule has 0 unspecified atom stereocenters. The van der Waals surface area contributed by atoms with Crippen LogP contribution in [0.5, 0.6) is 0 Å². The van der Waals surface area contributed by atoms with E-state index in [0.29, 0.717) is 37.6 Å². The summed E-state index contributed by atoms with van der Waals surface area (Å²) in [4.78, 5) is 28.4. The minimum absolute atomic E-state index is 0.0703. The molecule has 4 heterocycles. The van der Waals surface area contributed by atoms with Gasteiger partial charge in [0.15, 0.2) is 0 Å². The van der Waals surface area contributed by atoms with E-state index in [1.165, 1.54) is 11.3 Å². The lowest BCUT2D eigenvalue weighted by Crippen LogP contribution is -2.43. The van der Waals surface area contributed by atoms with Crippen LogP contribution in [-0.4, -0.2) is 53.3 Å². The van der Waals surface area contributed by atoms with Crippen molar-refractivity contribution >= 4 is 33.4 Å². The standard InChI is InChI=1S/C19H26N6O3S/c1-12-15(13(2)28-23-12)7-8-20-17(27)14-5-3-9-24(11-14)18-21-22-19(29-18)25-10-4-6-16(25)26/h14H,3-11H2,1-2H3,(H,20,27)/t14-/m0/s1. The minimum Gasteiger partial charge on any atom is -0.361 e. The summed E-state index contributed by atoms with van der Waals surface area (Å²) < 4.78 is 5.17. The lowest BCUT2D eigenvalue weighted by atomic mass is 9.97. The number of carbonyl (C=O) groups is 2. The maximum absolute atomic E-state index is 12.7. The number of anilines is 2. The molecule has 0 bridgehead atoms. The molecule has 2 aliphatic rings. The summed E-state index contributed by atoms with van der Waals surface area (Å²) in [6, 6.07) is 0. The van der Waals surface area contributed by atoms with Crippen LogP contribution in [-0.2, 0) is 16.0 Å². The molecule has 2 amide bonds. The smallest absolute Gasteiger partial charge is 0.228 e. The molecule has 2 aromatic rings. The first-order chi connectivity index (χ1) is 14.0. The van der Waals surface area contributed by atoms with E-state index in [2.05, 4.69) is 25.6 Å². The van der Waals surface area contributed by atoms with Gasteiger partial charge in [-0.15, -0.1) is 10.2 Å². The van der Waals surface area contributed by atoms with Gasteiger partial charge >= 0.3 is 0 Å². The number of carbonyl (C=O) groups excluding carboxylic acids is 2. The Bertz CT molecular complexity index is 875. The monoisotopic (exact) mass is 418 g/mol. The zero-order chi connectivity index (χ0) is 20.4. The van der Waals surface area contributed by atoms with Crippen LogP contribution < -0.4 is 15.1 Å². The van der Waals surface area contributed by atoms with E-state index in [4.69, 9.17) is 4.52 Å². The molecule has 1 atom stereocenters. The topological polar surface area (TPSA) is 104 Å². The van der Waals surface area contributed by atoms with Crippen molar-refractivity contribution in [2.24, 2.45) is 5.92 Å². The summed E-state index contributed by atoms with van der Waals surface area (Å²) in [7, 11) is 0. The number of nitrogens with one attached hydrogen (secondary N) is 1. The maximum Gasteiger partial charge on any atom is 0.228 e. The molecule has 2 saturated heterocycles. The summed E-state index contributed by atoms with van der Waals surface area (Å²) in [5, 5.41) is 16.9. The molecule has 2 aromatic heterocycles. The zero-order valence-electron chi connectivity index (χ0n) is 16.8. The molecule has 29 heavy (non-hydrogen) atoms. The average molecular weight is 419 g/mol. The maximum atomic E-state index is 12.7. The number of hydrogen-bond acceptors (Lipinski definition) is 8. The predicted octanol–water partition coefficient (Wildman–Crippen LogP) is 1.85. The average Bonchev–Trinajstić information content (AvgIpc) is 3.44. The van der Waals surface area contributed by atoms with E-state index in [9.17, 15) is 9.59 Å². The first-order valence-corrected chi connectivity index (χ1v) is 10.9. The Labute approximate surface area is 173 Å². The van der Waals surface area contributed by atoms with E-state index < -0.39 is 0 Å². The highest BCUT2D eigenvalue weighted by atomic mass is 32.1. The first-order valence-electron chi connectivity index (χ1n) is 10.1. The first kappa shape index (κ1) is 19.8. The molecule has 2 aliphatic heterocycles. The van der Waals surface area contributed by atoms with Crippen LogP contribution >= 0.6 is 11.3 Å². The molecule has 2 fully saturated rings. The van der Waals surface area contributed by atoms with Crippen molar-refractivity contribution < 1.29 is 14.1 Å². The number of hydrogen-bond donors (Lipinski definition) is 1. The lowest BCUT2D eigenvalue weighted by Gasteiger charge is -2.31. The second kappa shape index (κ2) is 8.48. The van der Waals surface area contributed by atoms with Crippen molar-refractivity contribution in [1.82, 2.24) is 20.7 Å². The highest BCUT2D eigenvalue weighted by Crippen LogP contribution is 2.32. The Morgan fingerprint density at radius 1 is 1.24 bits per heavy atom. The van der Waals surface area contributed by atoms with Crippen molar-refractivity contribution in [2.45, 2.75) is 46.0 Å². The summed E-state index contributed by atoms with van der Waals surface area (Å²) in [5.41, 5.74) is 1.94. The Morgan fingerprint density at radius 2 is 2.07 bits per heavy atom. The SMILES string of the molecule is Cc1noc(C)c1CCNC(=O)[C@H]1CCCN(c2nnc(N3CCCC3=O)s2)C1. The van der Waals surface area contributed by atoms with Crippen LogP contribution in [0.25, 0.3) is 0 Å². The Balaban J connectivity index is 1.31. The van der Waals surface area contributed by atoms with Crippen LogP contribution in [0.2, 0.25) is 0 Å². The summed E-state index contributed by atoms with van der Waals surface area (Å²) in [6.45, 7) is 6.56. The van der Waals surface area contributed by atoms with E-state index in [0.717, 1.165) is 48.0 Å². The van der Waals surface area contributed by atoms with Crippen LogP contribution in [0.1, 0.15) is 42.7 Å².